The molecule has 6 heteroatoms. The number of rotatable bonds is 17. The van der Waals surface area contributed by atoms with Crippen molar-refractivity contribution in [2.24, 2.45) is 11.8 Å². The van der Waals surface area contributed by atoms with Crippen LogP contribution in [0.2, 0.25) is 0 Å². The van der Waals surface area contributed by atoms with Gasteiger partial charge in [0.25, 0.3) is 0 Å². The van der Waals surface area contributed by atoms with Crippen LogP contribution in [0.25, 0.3) is 11.1 Å². The summed E-state index contributed by atoms with van der Waals surface area (Å²) >= 11 is 0. The molecule has 0 heterocycles. The second kappa shape index (κ2) is 16.7. The summed E-state index contributed by atoms with van der Waals surface area (Å²) in [5.41, 5.74) is 2.05. The SMILES string of the molecule is CCCCCC(OC(=O)C(C)C)Oc1ccc(-c2ccc(OC(CCCCC)OC(=O)C(C)C)cc2)cc1. The molecule has 38 heavy (non-hydrogen) atoms. The van der Waals surface area contributed by atoms with E-state index in [1.165, 1.54) is 0 Å². The van der Waals surface area contributed by atoms with Crippen LogP contribution in [-0.4, -0.2) is 24.5 Å². The lowest BCUT2D eigenvalue weighted by atomic mass is 10.1. The molecule has 0 N–H and O–H groups in total. The van der Waals surface area contributed by atoms with E-state index in [0.29, 0.717) is 24.3 Å². The van der Waals surface area contributed by atoms with Gasteiger partial charge in [0.15, 0.2) is 0 Å². The fraction of sp³-hybridized carbons (Fsp3) is 0.562. The first-order valence-corrected chi connectivity index (χ1v) is 14.2. The molecule has 0 amide bonds. The fourth-order valence-corrected chi connectivity index (χ4v) is 3.69. The minimum Gasteiger partial charge on any atom is -0.455 e. The number of carbonyl (C=O) groups is 2. The third-order valence-electron chi connectivity index (χ3n) is 6.10. The molecule has 2 aromatic rings. The van der Waals surface area contributed by atoms with Gasteiger partial charge in [-0.15, -0.1) is 0 Å². The highest BCUT2D eigenvalue weighted by Crippen LogP contribution is 2.27. The van der Waals surface area contributed by atoms with Crippen LogP contribution in [-0.2, 0) is 19.1 Å². The third-order valence-corrected chi connectivity index (χ3v) is 6.10. The van der Waals surface area contributed by atoms with Crippen LogP contribution < -0.4 is 9.47 Å². The van der Waals surface area contributed by atoms with Gasteiger partial charge >= 0.3 is 11.9 Å². The average molecular weight is 527 g/mol. The first kappa shape index (κ1) is 31.2. The van der Waals surface area contributed by atoms with Crippen LogP contribution in [0.15, 0.2) is 48.5 Å². The molecule has 0 saturated heterocycles. The van der Waals surface area contributed by atoms with E-state index in [-0.39, 0.29) is 23.8 Å². The number of ether oxygens (including phenoxy) is 4. The van der Waals surface area contributed by atoms with Gasteiger partial charge in [-0.3, -0.25) is 9.59 Å². The van der Waals surface area contributed by atoms with Gasteiger partial charge in [0, 0.05) is 12.8 Å². The Morgan fingerprint density at radius 2 is 0.921 bits per heavy atom. The number of benzene rings is 2. The molecule has 0 aliphatic heterocycles. The summed E-state index contributed by atoms with van der Waals surface area (Å²) in [6, 6.07) is 15.5. The van der Waals surface area contributed by atoms with Crippen molar-refractivity contribution in [3.05, 3.63) is 48.5 Å². The number of carbonyl (C=O) groups excluding carboxylic acids is 2. The molecule has 0 bridgehead atoms. The van der Waals surface area contributed by atoms with E-state index in [1.807, 2.05) is 76.2 Å². The molecular weight excluding hydrogens is 480 g/mol. The lowest BCUT2D eigenvalue weighted by Gasteiger charge is -2.21. The van der Waals surface area contributed by atoms with Crippen LogP contribution in [0, 0.1) is 11.8 Å². The smallest absolute Gasteiger partial charge is 0.311 e. The molecule has 210 valence electrons. The van der Waals surface area contributed by atoms with Gasteiger partial charge in [-0.25, -0.2) is 0 Å². The van der Waals surface area contributed by atoms with Crippen LogP contribution in [0.4, 0.5) is 0 Å². The molecule has 2 rings (SSSR count). The second-order valence-electron chi connectivity index (χ2n) is 10.3. The highest BCUT2D eigenvalue weighted by atomic mass is 16.7. The molecule has 0 spiro atoms. The summed E-state index contributed by atoms with van der Waals surface area (Å²) < 4.78 is 23.2. The van der Waals surface area contributed by atoms with Gasteiger partial charge in [0.1, 0.15) is 11.5 Å². The molecular formula is C32H46O6. The maximum Gasteiger partial charge on any atom is 0.311 e. The van der Waals surface area contributed by atoms with Crippen molar-refractivity contribution in [2.75, 3.05) is 0 Å². The molecule has 0 saturated carbocycles. The first-order valence-electron chi connectivity index (χ1n) is 14.2. The number of esters is 2. The summed E-state index contributed by atoms with van der Waals surface area (Å²) in [6.45, 7) is 11.6. The van der Waals surface area contributed by atoms with Crippen LogP contribution >= 0.6 is 0 Å². The molecule has 2 atom stereocenters. The Balaban J connectivity index is 2.03. The lowest BCUT2D eigenvalue weighted by Crippen LogP contribution is -2.26. The van der Waals surface area contributed by atoms with Crippen molar-refractivity contribution in [1.82, 2.24) is 0 Å². The minimum atomic E-state index is -0.589. The summed E-state index contributed by atoms with van der Waals surface area (Å²) in [6.07, 6.45) is 6.35. The van der Waals surface area contributed by atoms with Crippen molar-refractivity contribution >= 4 is 11.9 Å². The normalized spacial score (nSPS) is 12.7. The zero-order chi connectivity index (χ0) is 27.9. The van der Waals surface area contributed by atoms with Gasteiger partial charge in [-0.2, -0.15) is 0 Å². The Hall–Kier alpha value is -3.02. The largest absolute Gasteiger partial charge is 0.455 e. The summed E-state index contributed by atoms with van der Waals surface area (Å²) in [5.74, 6) is 0.419. The lowest BCUT2D eigenvalue weighted by molar-refractivity contribution is -0.169. The number of hydrogen-bond donors (Lipinski definition) is 0. The summed E-state index contributed by atoms with van der Waals surface area (Å²) in [5, 5.41) is 0. The van der Waals surface area contributed by atoms with Gasteiger partial charge in [0.05, 0.1) is 11.8 Å². The molecule has 0 fully saturated rings. The monoisotopic (exact) mass is 526 g/mol. The number of unbranched alkanes of at least 4 members (excludes halogenated alkanes) is 4. The zero-order valence-electron chi connectivity index (χ0n) is 24.0. The molecule has 0 aliphatic carbocycles. The van der Waals surface area contributed by atoms with E-state index < -0.39 is 12.6 Å². The molecule has 0 aliphatic rings. The zero-order valence-corrected chi connectivity index (χ0v) is 24.0. The minimum absolute atomic E-state index is 0.199. The van der Waals surface area contributed by atoms with E-state index in [4.69, 9.17) is 18.9 Å². The molecule has 6 nitrogen and oxygen atoms in total. The van der Waals surface area contributed by atoms with Crippen molar-refractivity contribution in [2.45, 2.75) is 105 Å². The Labute approximate surface area is 229 Å². The van der Waals surface area contributed by atoms with E-state index in [0.717, 1.165) is 49.7 Å². The first-order chi connectivity index (χ1) is 18.2. The Morgan fingerprint density at radius 1 is 0.579 bits per heavy atom. The van der Waals surface area contributed by atoms with Crippen molar-refractivity contribution < 1.29 is 28.5 Å². The Morgan fingerprint density at radius 3 is 1.21 bits per heavy atom. The quantitative estimate of drug-likeness (QED) is 0.117. The van der Waals surface area contributed by atoms with Crippen molar-refractivity contribution in [3.63, 3.8) is 0 Å². The summed E-state index contributed by atoms with van der Waals surface area (Å²) in [4.78, 5) is 24.2. The van der Waals surface area contributed by atoms with Gasteiger partial charge < -0.3 is 18.9 Å². The van der Waals surface area contributed by atoms with Gasteiger partial charge in [0.2, 0.25) is 12.6 Å². The molecule has 0 aromatic heterocycles. The topological polar surface area (TPSA) is 71.1 Å². The molecule has 2 unspecified atom stereocenters. The van der Waals surface area contributed by atoms with Crippen molar-refractivity contribution in [3.8, 4) is 22.6 Å². The maximum atomic E-state index is 12.1. The Bertz CT molecular complexity index is 869. The van der Waals surface area contributed by atoms with Crippen LogP contribution in [0.1, 0.15) is 92.9 Å². The highest BCUT2D eigenvalue weighted by Gasteiger charge is 2.20. The van der Waals surface area contributed by atoms with Gasteiger partial charge in [-0.05, 0) is 48.2 Å². The highest BCUT2D eigenvalue weighted by molar-refractivity contribution is 5.72. The molecule has 2 aromatic carbocycles. The van der Waals surface area contributed by atoms with Crippen LogP contribution in [0.5, 0.6) is 11.5 Å². The second-order valence-corrected chi connectivity index (χ2v) is 10.3. The maximum absolute atomic E-state index is 12.1. The fourth-order valence-electron chi connectivity index (χ4n) is 3.69. The predicted molar refractivity (Wildman–Crippen MR) is 151 cm³/mol. The average Bonchev–Trinajstić information content (AvgIpc) is 2.89. The van der Waals surface area contributed by atoms with E-state index in [1.54, 1.807) is 0 Å². The summed E-state index contributed by atoms with van der Waals surface area (Å²) in [7, 11) is 0. The van der Waals surface area contributed by atoms with Crippen LogP contribution in [0.3, 0.4) is 0 Å². The third kappa shape index (κ3) is 11.2. The molecule has 0 radical (unpaired) electrons. The van der Waals surface area contributed by atoms with E-state index >= 15 is 0 Å². The van der Waals surface area contributed by atoms with Crippen molar-refractivity contribution in [1.29, 1.82) is 0 Å². The Kier molecular flexibility index (Phi) is 13.7. The van der Waals surface area contributed by atoms with Gasteiger partial charge in [-0.1, -0.05) is 91.5 Å². The predicted octanol–water partition coefficient (Wildman–Crippen LogP) is 8.32. The van der Waals surface area contributed by atoms with E-state index in [2.05, 4.69) is 13.8 Å². The van der Waals surface area contributed by atoms with E-state index in [9.17, 15) is 9.59 Å². The standard InChI is InChI=1S/C32H46O6/c1-7-9-11-13-29(37-31(33)23(3)4)35-27-19-15-25(16-20-27)26-17-21-28(22-18-26)36-30(14-12-10-8-2)38-32(34)24(5)6/h15-24,29-30H,7-14H2,1-6H3. The number of hydrogen-bond acceptors (Lipinski definition) is 6.